The van der Waals surface area contributed by atoms with Crippen molar-refractivity contribution in [3.8, 4) is 11.3 Å². The standard InChI is InChI=1S/C24H31ClFN3O/c25-19-6-4-5-18-21-15-27-16-29(21)20(22(18)19)9-12-24(26)10-7-17(8-11-24)23(30)28-13-2-1-3-14-28/h4-6,15-17,20,23,30H,1-3,7-14H2. The highest BCUT2D eigenvalue weighted by molar-refractivity contribution is 6.32. The number of benzene rings is 1. The molecule has 30 heavy (non-hydrogen) atoms. The van der Waals surface area contributed by atoms with E-state index in [-0.39, 0.29) is 12.0 Å². The molecule has 3 aliphatic rings. The Balaban J connectivity index is 1.23. The number of rotatable bonds is 5. The molecule has 2 atom stereocenters. The van der Waals surface area contributed by atoms with E-state index in [0.29, 0.717) is 19.3 Å². The maximum Gasteiger partial charge on any atom is 0.111 e. The van der Waals surface area contributed by atoms with Crippen LogP contribution < -0.4 is 0 Å². The predicted molar refractivity (Wildman–Crippen MR) is 117 cm³/mol. The van der Waals surface area contributed by atoms with Gasteiger partial charge in [-0.15, -0.1) is 0 Å². The van der Waals surface area contributed by atoms with Gasteiger partial charge in [0.05, 0.1) is 24.3 Å². The molecule has 1 aromatic heterocycles. The molecule has 0 spiro atoms. The average molecular weight is 432 g/mol. The molecule has 0 amide bonds. The van der Waals surface area contributed by atoms with Crippen LogP contribution in [0.2, 0.25) is 5.02 Å². The smallest absolute Gasteiger partial charge is 0.111 e. The number of aliphatic hydroxyl groups is 1. The van der Waals surface area contributed by atoms with Gasteiger partial charge in [0.2, 0.25) is 0 Å². The fourth-order valence-electron chi connectivity index (χ4n) is 5.87. The van der Waals surface area contributed by atoms with E-state index in [1.807, 2.05) is 24.7 Å². The van der Waals surface area contributed by atoms with Crippen LogP contribution in [-0.4, -0.2) is 44.5 Å². The van der Waals surface area contributed by atoms with Gasteiger partial charge in [-0.2, -0.15) is 0 Å². The number of fused-ring (bicyclic) bond motifs is 3. The first kappa shape index (κ1) is 20.5. The number of aromatic nitrogens is 2. The summed E-state index contributed by atoms with van der Waals surface area (Å²) in [5.41, 5.74) is 2.14. The second-order valence-corrected chi connectivity index (χ2v) is 9.85. The Kier molecular flexibility index (Phi) is 5.63. The number of likely N-dealkylation sites (tertiary alicyclic amines) is 1. The number of alkyl halides is 1. The predicted octanol–water partition coefficient (Wildman–Crippen LogP) is 5.59. The number of aliphatic hydroxyl groups excluding tert-OH is 1. The van der Waals surface area contributed by atoms with E-state index >= 15 is 4.39 Å². The molecule has 5 rings (SSSR count). The van der Waals surface area contributed by atoms with Crippen LogP contribution in [0.4, 0.5) is 4.39 Å². The molecule has 1 aromatic carbocycles. The van der Waals surface area contributed by atoms with Crippen molar-refractivity contribution in [2.24, 2.45) is 5.92 Å². The van der Waals surface area contributed by atoms with Gasteiger partial charge in [-0.1, -0.05) is 30.2 Å². The molecule has 2 unspecified atom stereocenters. The number of imidazole rings is 1. The number of piperidine rings is 1. The summed E-state index contributed by atoms with van der Waals surface area (Å²) < 4.78 is 17.9. The topological polar surface area (TPSA) is 41.3 Å². The first-order valence-corrected chi connectivity index (χ1v) is 11.9. The molecule has 1 aliphatic carbocycles. The minimum atomic E-state index is -1.15. The van der Waals surface area contributed by atoms with Crippen LogP contribution in [0.3, 0.4) is 0 Å². The number of hydrogen-bond acceptors (Lipinski definition) is 3. The van der Waals surface area contributed by atoms with Crippen LogP contribution in [0, 0.1) is 5.92 Å². The van der Waals surface area contributed by atoms with E-state index in [1.54, 1.807) is 0 Å². The normalized spacial score (nSPS) is 30.1. The fraction of sp³-hybridized carbons (Fsp3) is 0.625. The molecule has 4 nitrogen and oxygen atoms in total. The fourth-order valence-corrected chi connectivity index (χ4v) is 6.17. The summed E-state index contributed by atoms with van der Waals surface area (Å²) >= 11 is 6.54. The van der Waals surface area contributed by atoms with Crippen molar-refractivity contribution in [3.05, 3.63) is 41.3 Å². The van der Waals surface area contributed by atoms with E-state index in [9.17, 15) is 5.11 Å². The van der Waals surface area contributed by atoms with E-state index in [1.165, 1.54) is 19.3 Å². The lowest BCUT2D eigenvalue weighted by Gasteiger charge is -2.41. The minimum absolute atomic E-state index is 0.0514. The highest BCUT2D eigenvalue weighted by Crippen LogP contribution is 2.47. The lowest BCUT2D eigenvalue weighted by molar-refractivity contribution is -0.0739. The molecule has 1 saturated heterocycles. The highest BCUT2D eigenvalue weighted by atomic mass is 35.5. The monoisotopic (exact) mass is 431 g/mol. The molecule has 2 aliphatic heterocycles. The molecule has 1 saturated carbocycles. The van der Waals surface area contributed by atoms with Gasteiger partial charge in [-0.3, -0.25) is 4.90 Å². The van der Waals surface area contributed by atoms with Crippen LogP contribution in [0.25, 0.3) is 11.3 Å². The van der Waals surface area contributed by atoms with Crippen LogP contribution in [0.1, 0.15) is 69.4 Å². The number of halogens is 2. The van der Waals surface area contributed by atoms with E-state index in [0.717, 1.165) is 54.2 Å². The molecule has 162 valence electrons. The van der Waals surface area contributed by atoms with E-state index < -0.39 is 11.9 Å². The lowest BCUT2D eigenvalue weighted by atomic mass is 9.76. The molecule has 3 heterocycles. The van der Waals surface area contributed by atoms with Gasteiger partial charge in [0, 0.05) is 29.2 Å². The SMILES string of the molecule is OC(C1CCC(F)(CCC2c3c(Cl)cccc3-c3cncn32)CC1)N1CCCCC1. The van der Waals surface area contributed by atoms with Crippen molar-refractivity contribution >= 4 is 11.6 Å². The van der Waals surface area contributed by atoms with Crippen molar-refractivity contribution in [2.75, 3.05) is 13.1 Å². The Morgan fingerprint density at radius 3 is 2.73 bits per heavy atom. The molecule has 2 aromatic rings. The maximum absolute atomic E-state index is 15.7. The van der Waals surface area contributed by atoms with Crippen LogP contribution in [-0.2, 0) is 0 Å². The van der Waals surface area contributed by atoms with Gasteiger partial charge in [0.25, 0.3) is 0 Å². The maximum atomic E-state index is 15.7. The third-order valence-corrected chi connectivity index (χ3v) is 7.97. The van der Waals surface area contributed by atoms with Crippen molar-refractivity contribution < 1.29 is 9.50 Å². The first-order valence-electron chi connectivity index (χ1n) is 11.5. The van der Waals surface area contributed by atoms with Crippen molar-refractivity contribution in [1.82, 2.24) is 14.5 Å². The Bertz CT molecular complexity index is 886. The highest BCUT2D eigenvalue weighted by Gasteiger charge is 2.40. The van der Waals surface area contributed by atoms with Crippen molar-refractivity contribution in [2.45, 2.75) is 75.7 Å². The zero-order chi connectivity index (χ0) is 20.7. The van der Waals surface area contributed by atoms with Crippen LogP contribution in [0.5, 0.6) is 0 Å². The summed E-state index contributed by atoms with van der Waals surface area (Å²) in [5, 5.41) is 11.5. The second-order valence-electron chi connectivity index (χ2n) is 9.44. The summed E-state index contributed by atoms with van der Waals surface area (Å²) in [5.74, 6) is 0.203. The lowest BCUT2D eigenvalue weighted by Crippen LogP contribution is -2.46. The van der Waals surface area contributed by atoms with Gasteiger partial charge >= 0.3 is 0 Å². The number of hydrogen-bond donors (Lipinski definition) is 1. The molecule has 1 N–H and O–H groups in total. The van der Waals surface area contributed by atoms with E-state index in [2.05, 4.69) is 20.5 Å². The van der Waals surface area contributed by atoms with Gasteiger partial charge < -0.3 is 9.67 Å². The van der Waals surface area contributed by atoms with Crippen molar-refractivity contribution in [1.29, 1.82) is 0 Å². The summed E-state index contributed by atoms with van der Waals surface area (Å²) in [6.07, 6.45) is 10.8. The Labute approximate surface area is 183 Å². The molecule has 2 fully saturated rings. The zero-order valence-corrected chi connectivity index (χ0v) is 18.2. The van der Waals surface area contributed by atoms with Gasteiger partial charge in [-0.25, -0.2) is 9.37 Å². The summed E-state index contributed by atoms with van der Waals surface area (Å²) in [6.45, 7) is 1.96. The summed E-state index contributed by atoms with van der Waals surface area (Å²) in [6, 6.07) is 6.01. The van der Waals surface area contributed by atoms with Gasteiger partial charge in [-0.05, 0) is 63.4 Å². The Morgan fingerprint density at radius 2 is 1.97 bits per heavy atom. The Hall–Kier alpha value is -1.43. The number of nitrogens with zero attached hydrogens (tertiary/aromatic N) is 3. The molecular formula is C24H31ClFN3O. The largest absolute Gasteiger partial charge is 0.378 e. The third kappa shape index (κ3) is 3.69. The van der Waals surface area contributed by atoms with E-state index in [4.69, 9.17) is 11.6 Å². The molecular weight excluding hydrogens is 401 g/mol. The quantitative estimate of drug-likeness (QED) is 0.670. The van der Waals surface area contributed by atoms with Crippen molar-refractivity contribution in [3.63, 3.8) is 0 Å². The molecule has 0 radical (unpaired) electrons. The van der Waals surface area contributed by atoms with Crippen LogP contribution in [0.15, 0.2) is 30.7 Å². The first-order chi connectivity index (χ1) is 14.6. The summed E-state index contributed by atoms with van der Waals surface area (Å²) in [7, 11) is 0. The van der Waals surface area contributed by atoms with Crippen LogP contribution >= 0.6 is 11.6 Å². The Morgan fingerprint density at radius 1 is 1.20 bits per heavy atom. The third-order valence-electron chi connectivity index (χ3n) is 7.64. The average Bonchev–Trinajstić information content (AvgIpc) is 3.35. The molecule has 6 heteroatoms. The van der Waals surface area contributed by atoms with Gasteiger partial charge in [0.1, 0.15) is 11.9 Å². The zero-order valence-electron chi connectivity index (χ0n) is 17.4. The second kappa shape index (κ2) is 8.25. The van der Waals surface area contributed by atoms with Gasteiger partial charge in [0.15, 0.2) is 0 Å². The molecule has 0 bridgehead atoms. The summed E-state index contributed by atoms with van der Waals surface area (Å²) in [4.78, 5) is 6.51. The minimum Gasteiger partial charge on any atom is -0.378 e.